The lowest BCUT2D eigenvalue weighted by atomic mass is 9.54. The van der Waals surface area contributed by atoms with Crippen molar-refractivity contribution < 1.29 is 19.2 Å². The van der Waals surface area contributed by atoms with Crippen LogP contribution in [0.1, 0.15) is 28.5 Å². The van der Waals surface area contributed by atoms with E-state index in [4.69, 9.17) is 23.2 Å². The van der Waals surface area contributed by atoms with E-state index in [9.17, 15) is 19.2 Å². The van der Waals surface area contributed by atoms with Crippen LogP contribution >= 0.6 is 23.2 Å². The van der Waals surface area contributed by atoms with Crippen molar-refractivity contribution in [3.8, 4) is 0 Å². The number of anilines is 2. The first-order chi connectivity index (χ1) is 19.8. The highest BCUT2D eigenvalue weighted by Gasteiger charge is 2.73. The summed E-state index contributed by atoms with van der Waals surface area (Å²) >= 11 is 12.6. The molecule has 0 saturated carbocycles. The minimum atomic E-state index is -1.58. The first-order valence-corrected chi connectivity index (χ1v) is 14.0. The quantitative estimate of drug-likeness (QED) is 0.271. The second-order valence-corrected chi connectivity index (χ2v) is 11.5. The highest BCUT2D eigenvalue weighted by atomic mass is 35.5. The number of hydrogen-bond acceptors (Lipinski definition) is 4. The van der Waals surface area contributed by atoms with Gasteiger partial charge in [-0.25, -0.2) is 9.80 Å². The van der Waals surface area contributed by atoms with Crippen molar-refractivity contribution in [2.75, 3.05) is 9.80 Å². The Balaban J connectivity index is 1.52. The maximum absolute atomic E-state index is 14.8. The van der Waals surface area contributed by atoms with Gasteiger partial charge < -0.3 is 0 Å². The van der Waals surface area contributed by atoms with Gasteiger partial charge in [-0.1, -0.05) is 77.8 Å². The molecule has 0 aromatic heterocycles. The smallest absolute Gasteiger partial charge is 0.242 e. The zero-order chi connectivity index (χ0) is 28.5. The molecule has 6 nitrogen and oxygen atoms in total. The summed E-state index contributed by atoms with van der Waals surface area (Å²) in [4.78, 5) is 60.3. The second kappa shape index (κ2) is 9.40. The number of nitrogens with zero attached hydrogens (tertiary/aromatic N) is 2. The van der Waals surface area contributed by atoms with Crippen LogP contribution in [0.5, 0.6) is 0 Å². The number of fused-ring (bicyclic) bond motifs is 6. The molecule has 0 bridgehead atoms. The first-order valence-electron chi connectivity index (χ1n) is 13.2. The van der Waals surface area contributed by atoms with Gasteiger partial charge >= 0.3 is 0 Å². The molecule has 4 atom stereocenters. The van der Waals surface area contributed by atoms with Gasteiger partial charge in [0.15, 0.2) is 0 Å². The van der Waals surface area contributed by atoms with E-state index in [-0.39, 0.29) is 6.42 Å². The SMILES string of the molecule is O=C1[C@@H]2c3cc(Cl)ccc3[C@@H]3C(=O)N(c4ccccc4)C(=O)[C@H]3[C@@]2(Cc2ccc(Cl)cc2)C(=O)N1c1ccccc1. The Labute approximate surface area is 246 Å². The number of hydrogen-bond donors (Lipinski definition) is 0. The van der Waals surface area contributed by atoms with Crippen molar-refractivity contribution in [3.05, 3.63) is 130 Å². The third kappa shape index (κ3) is 3.64. The second-order valence-electron chi connectivity index (χ2n) is 10.7. The number of carbonyl (C=O) groups is 4. The molecule has 0 radical (unpaired) electrons. The number of para-hydroxylation sites is 2. The molecule has 0 N–H and O–H groups in total. The lowest BCUT2D eigenvalue weighted by Crippen LogP contribution is -2.51. The Morgan fingerprint density at radius 1 is 0.610 bits per heavy atom. The average Bonchev–Trinajstić information content (AvgIpc) is 3.37. The Morgan fingerprint density at radius 3 is 1.83 bits per heavy atom. The third-order valence-electron chi connectivity index (χ3n) is 8.58. The van der Waals surface area contributed by atoms with E-state index in [0.29, 0.717) is 32.5 Å². The van der Waals surface area contributed by atoms with Gasteiger partial charge in [-0.2, -0.15) is 0 Å². The Kier molecular flexibility index (Phi) is 5.89. The van der Waals surface area contributed by atoms with Crippen LogP contribution in [0, 0.1) is 11.3 Å². The predicted molar refractivity (Wildman–Crippen MR) is 156 cm³/mol. The van der Waals surface area contributed by atoms with Crippen LogP contribution in [-0.4, -0.2) is 23.6 Å². The van der Waals surface area contributed by atoms with Gasteiger partial charge in [0, 0.05) is 10.0 Å². The molecule has 7 rings (SSSR count). The molecule has 2 saturated heterocycles. The highest BCUT2D eigenvalue weighted by Crippen LogP contribution is 2.63. The number of benzene rings is 4. The van der Waals surface area contributed by atoms with Crippen molar-refractivity contribution in [2.24, 2.45) is 11.3 Å². The van der Waals surface area contributed by atoms with E-state index in [1.165, 1.54) is 9.80 Å². The fraction of sp³-hybridized carbons (Fsp3) is 0.152. The molecule has 0 spiro atoms. The standard InChI is InChI=1S/C33H22Cl2N2O4/c34-20-13-11-19(12-14-20)18-33-27(30(39)37(32(33)41)23-9-5-2-6-10-23)25-17-21(35)15-16-24(25)26-28(33)31(40)36(29(26)38)22-7-3-1-4-8-22/h1-17,26-28H,18H2/t26-,27-,28-,33-/m0/s1. The van der Waals surface area contributed by atoms with E-state index in [2.05, 4.69) is 0 Å². The van der Waals surface area contributed by atoms with E-state index < -0.39 is 46.8 Å². The van der Waals surface area contributed by atoms with Gasteiger partial charge in [-0.05, 0) is 71.6 Å². The molecule has 2 aliphatic heterocycles. The topological polar surface area (TPSA) is 74.8 Å². The van der Waals surface area contributed by atoms with Gasteiger partial charge in [0.2, 0.25) is 23.6 Å². The molecular weight excluding hydrogens is 559 g/mol. The van der Waals surface area contributed by atoms with Crippen molar-refractivity contribution in [1.82, 2.24) is 0 Å². The summed E-state index contributed by atoms with van der Waals surface area (Å²) in [6.07, 6.45) is 0.0531. The molecule has 2 heterocycles. The molecule has 0 unspecified atom stereocenters. The van der Waals surface area contributed by atoms with E-state index >= 15 is 0 Å². The highest BCUT2D eigenvalue weighted by molar-refractivity contribution is 6.33. The summed E-state index contributed by atoms with van der Waals surface area (Å²) in [6.45, 7) is 0. The van der Waals surface area contributed by atoms with Crippen LogP contribution in [-0.2, 0) is 25.6 Å². The Morgan fingerprint density at radius 2 is 1.20 bits per heavy atom. The fourth-order valence-corrected chi connectivity index (χ4v) is 7.27. The minimum Gasteiger partial charge on any atom is -0.274 e. The van der Waals surface area contributed by atoms with E-state index in [1.807, 2.05) is 0 Å². The van der Waals surface area contributed by atoms with Crippen LogP contribution in [0.15, 0.2) is 103 Å². The zero-order valence-corrected chi connectivity index (χ0v) is 23.0. The van der Waals surface area contributed by atoms with Gasteiger partial charge in [0.05, 0.1) is 34.5 Å². The molecule has 41 heavy (non-hydrogen) atoms. The van der Waals surface area contributed by atoms with Gasteiger partial charge in [-0.15, -0.1) is 0 Å². The predicted octanol–water partition coefficient (Wildman–Crippen LogP) is 6.17. The van der Waals surface area contributed by atoms with Gasteiger partial charge in [0.25, 0.3) is 0 Å². The normalized spacial score (nSPS) is 24.9. The molecule has 4 aromatic carbocycles. The monoisotopic (exact) mass is 580 g/mol. The Hall–Kier alpha value is -4.26. The molecular formula is C33H22Cl2N2O4. The van der Waals surface area contributed by atoms with E-state index in [0.717, 1.165) is 5.56 Å². The van der Waals surface area contributed by atoms with Gasteiger partial charge in [0.1, 0.15) is 0 Å². The number of halogens is 2. The largest absolute Gasteiger partial charge is 0.274 e. The van der Waals surface area contributed by atoms with Crippen LogP contribution in [0.25, 0.3) is 0 Å². The van der Waals surface area contributed by atoms with E-state index in [1.54, 1.807) is 103 Å². The van der Waals surface area contributed by atoms with Crippen LogP contribution < -0.4 is 9.80 Å². The average molecular weight is 581 g/mol. The van der Waals surface area contributed by atoms with Crippen LogP contribution in [0.2, 0.25) is 10.0 Å². The third-order valence-corrected chi connectivity index (χ3v) is 9.07. The summed E-state index contributed by atoms with van der Waals surface area (Å²) in [5.41, 5.74) is 1.01. The first kappa shape index (κ1) is 25.7. The van der Waals surface area contributed by atoms with Crippen molar-refractivity contribution in [3.63, 3.8) is 0 Å². The molecule has 8 heteroatoms. The van der Waals surface area contributed by atoms with Gasteiger partial charge in [-0.3, -0.25) is 19.2 Å². The van der Waals surface area contributed by atoms with Crippen molar-refractivity contribution in [1.29, 1.82) is 0 Å². The zero-order valence-electron chi connectivity index (χ0n) is 21.5. The fourth-order valence-electron chi connectivity index (χ4n) is 6.97. The maximum atomic E-state index is 14.8. The van der Waals surface area contributed by atoms with Crippen LogP contribution in [0.4, 0.5) is 11.4 Å². The Bertz CT molecular complexity index is 1740. The van der Waals surface area contributed by atoms with Crippen LogP contribution in [0.3, 0.4) is 0 Å². The summed E-state index contributed by atoms with van der Waals surface area (Å²) in [7, 11) is 0. The lowest BCUT2D eigenvalue weighted by molar-refractivity contribution is -0.138. The molecule has 2 fully saturated rings. The number of amides is 4. The summed E-state index contributed by atoms with van der Waals surface area (Å²) in [6, 6.07) is 29.4. The van der Waals surface area contributed by atoms with Crippen molar-refractivity contribution >= 4 is 58.2 Å². The number of imide groups is 2. The summed E-state index contributed by atoms with van der Waals surface area (Å²) in [5.74, 6) is -5.00. The molecule has 4 amide bonds. The molecule has 1 aliphatic carbocycles. The maximum Gasteiger partial charge on any atom is 0.242 e. The summed E-state index contributed by atoms with van der Waals surface area (Å²) in [5, 5.41) is 0.890. The number of carbonyl (C=O) groups excluding carboxylic acids is 4. The lowest BCUT2D eigenvalue weighted by Gasteiger charge is -2.43. The molecule has 4 aromatic rings. The molecule has 3 aliphatic rings. The number of rotatable bonds is 4. The molecule has 202 valence electrons. The minimum absolute atomic E-state index is 0.0531. The van der Waals surface area contributed by atoms with Crippen molar-refractivity contribution in [2.45, 2.75) is 18.3 Å². The summed E-state index contributed by atoms with van der Waals surface area (Å²) < 4.78 is 0.